The van der Waals surface area contributed by atoms with Crippen molar-refractivity contribution >= 4 is 45.9 Å². The molecule has 4 aromatic rings. The van der Waals surface area contributed by atoms with Gasteiger partial charge in [-0.2, -0.15) is 0 Å². The van der Waals surface area contributed by atoms with E-state index in [0.717, 1.165) is 30.0 Å². The number of hydrogen-bond donors (Lipinski definition) is 2. The van der Waals surface area contributed by atoms with Crippen molar-refractivity contribution in [2.24, 2.45) is 0 Å². The standard InChI is InChI=1S/C28H29ClFN7O2/c1-16(2)37-22-13-17(12-21(30)25(22)34-26(37)28(31-3)8-9-28)24-20(29)14-32-27(35-24)33-18-4-6-19(7-5-18)36-10-11-39-15-23(36)38/h4-7,12-14,16,31H,8-11,15H2,1-3H3,(H,32,33,35). The van der Waals surface area contributed by atoms with Gasteiger partial charge in [0.2, 0.25) is 5.95 Å². The van der Waals surface area contributed by atoms with Crippen LogP contribution in [0.5, 0.6) is 0 Å². The summed E-state index contributed by atoms with van der Waals surface area (Å²) in [7, 11) is 1.92. The molecule has 9 nitrogen and oxygen atoms in total. The van der Waals surface area contributed by atoms with Crippen molar-refractivity contribution in [3.05, 3.63) is 59.3 Å². The fraction of sp³-hybridized carbons (Fsp3) is 0.357. The predicted octanol–water partition coefficient (Wildman–Crippen LogP) is 5.18. The molecular weight excluding hydrogens is 521 g/mol. The monoisotopic (exact) mass is 549 g/mol. The molecule has 2 aromatic carbocycles. The van der Waals surface area contributed by atoms with Gasteiger partial charge >= 0.3 is 0 Å². The Bertz CT molecular complexity index is 1570. The Morgan fingerprint density at radius 1 is 1.15 bits per heavy atom. The highest BCUT2D eigenvalue weighted by atomic mass is 35.5. The second-order valence-corrected chi connectivity index (χ2v) is 10.6. The van der Waals surface area contributed by atoms with Crippen molar-refractivity contribution in [3.8, 4) is 11.3 Å². The molecule has 0 atom stereocenters. The van der Waals surface area contributed by atoms with E-state index in [0.29, 0.717) is 46.4 Å². The second kappa shape index (κ2) is 9.86. The van der Waals surface area contributed by atoms with Crippen LogP contribution in [0.3, 0.4) is 0 Å². The van der Waals surface area contributed by atoms with Gasteiger partial charge in [-0.15, -0.1) is 0 Å². The summed E-state index contributed by atoms with van der Waals surface area (Å²) in [5, 5.41) is 6.86. The number of carbonyl (C=O) groups excluding carboxylic acids is 1. The number of anilines is 3. The molecule has 0 unspecified atom stereocenters. The number of fused-ring (bicyclic) bond motifs is 1. The van der Waals surface area contributed by atoms with E-state index in [1.807, 2.05) is 37.4 Å². The number of aromatic nitrogens is 4. The van der Waals surface area contributed by atoms with Crippen molar-refractivity contribution < 1.29 is 13.9 Å². The van der Waals surface area contributed by atoms with Gasteiger partial charge in [0.05, 0.1) is 34.6 Å². The van der Waals surface area contributed by atoms with Crippen molar-refractivity contribution in [1.82, 2.24) is 24.8 Å². The van der Waals surface area contributed by atoms with Crippen molar-refractivity contribution in [2.75, 3.05) is 37.0 Å². The van der Waals surface area contributed by atoms with E-state index >= 15 is 4.39 Å². The minimum Gasteiger partial charge on any atom is -0.370 e. The van der Waals surface area contributed by atoms with Gasteiger partial charge in [0.25, 0.3) is 5.91 Å². The molecular formula is C28H29ClFN7O2. The van der Waals surface area contributed by atoms with Gasteiger partial charge in [0.15, 0.2) is 5.82 Å². The normalized spacial score (nSPS) is 16.8. The lowest BCUT2D eigenvalue weighted by molar-refractivity contribution is -0.125. The number of nitrogens with zero attached hydrogens (tertiary/aromatic N) is 5. The summed E-state index contributed by atoms with van der Waals surface area (Å²) in [6.45, 7) is 5.25. The number of hydrogen-bond acceptors (Lipinski definition) is 7. The summed E-state index contributed by atoms with van der Waals surface area (Å²) in [4.78, 5) is 27.5. The first-order valence-corrected chi connectivity index (χ1v) is 13.4. The number of nitrogens with one attached hydrogen (secondary N) is 2. The van der Waals surface area contributed by atoms with E-state index < -0.39 is 5.82 Å². The zero-order valence-corrected chi connectivity index (χ0v) is 22.7. The van der Waals surface area contributed by atoms with Gasteiger partial charge in [0, 0.05) is 29.5 Å². The Balaban J connectivity index is 1.33. The number of imidazole rings is 1. The molecule has 1 aliphatic carbocycles. The fourth-order valence-corrected chi connectivity index (χ4v) is 5.33. The van der Waals surface area contributed by atoms with Gasteiger partial charge in [0.1, 0.15) is 17.9 Å². The van der Waals surface area contributed by atoms with Crippen LogP contribution < -0.4 is 15.5 Å². The topological polar surface area (TPSA) is 97.2 Å². The van der Waals surface area contributed by atoms with Gasteiger partial charge in [-0.1, -0.05) is 11.6 Å². The summed E-state index contributed by atoms with van der Waals surface area (Å²) in [6, 6.07) is 10.8. The lowest BCUT2D eigenvalue weighted by Gasteiger charge is -2.26. The third-order valence-electron chi connectivity index (χ3n) is 7.36. The van der Waals surface area contributed by atoms with E-state index in [2.05, 4.69) is 39.0 Å². The van der Waals surface area contributed by atoms with Crippen LogP contribution >= 0.6 is 11.6 Å². The molecule has 0 bridgehead atoms. The molecule has 2 aromatic heterocycles. The summed E-state index contributed by atoms with van der Waals surface area (Å²) in [6.07, 6.45) is 3.43. The maximum Gasteiger partial charge on any atom is 0.253 e. The highest BCUT2D eigenvalue weighted by molar-refractivity contribution is 6.33. The molecule has 39 heavy (non-hydrogen) atoms. The van der Waals surface area contributed by atoms with E-state index in [1.54, 1.807) is 4.90 Å². The summed E-state index contributed by atoms with van der Waals surface area (Å²) < 4.78 is 22.8. The molecule has 0 radical (unpaired) electrons. The average molecular weight is 550 g/mol. The molecule has 1 aliphatic heterocycles. The highest BCUT2D eigenvalue weighted by Gasteiger charge is 2.47. The maximum atomic E-state index is 15.5. The smallest absolute Gasteiger partial charge is 0.253 e. The van der Waals surface area contributed by atoms with Crippen LogP contribution in [0.2, 0.25) is 5.02 Å². The molecule has 3 heterocycles. The Labute approximate surface area is 230 Å². The van der Waals surface area contributed by atoms with Crippen molar-refractivity contribution in [3.63, 3.8) is 0 Å². The average Bonchev–Trinajstić information content (AvgIpc) is 3.63. The molecule has 2 aliphatic rings. The fourth-order valence-electron chi connectivity index (χ4n) is 5.13. The number of benzene rings is 2. The molecule has 6 rings (SSSR count). The molecule has 0 spiro atoms. The zero-order chi connectivity index (χ0) is 27.3. The molecule has 2 N–H and O–H groups in total. The summed E-state index contributed by atoms with van der Waals surface area (Å²) >= 11 is 6.51. The number of halogens is 2. The van der Waals surface area contributed by atoms with Gasteiger partial charge in [-0.25, -0.2) is 19.3 Å². The number of morpholine rings is 1. The maximum absolute atomic E-state index is 15.5. The molecule has 11 heteroatoms. The predicted molar refractivity (Wildman–Crippen MR) is 149 cm³/mol. The molecule has 1 saturated carbocycles. The Morgan fingerprint density at radius 2 is 1.92 bits per heavy atom. The minimum atomic E-state index is -0.424. The van der Waals surface area contributed by atoms with E-state index in [1.165, 1.54) is 12.3 Å². The van der Waals surface area contributed by atoms with Gasteiger partial charge < -0.3 is 24.8 Å². The van der Waals surface area contributed by atoms with E-state index in [9.17, 15) is 4.79 Å². The van der Waals surface area contributed by atoms with Gasteiger partial charge in [-0.05, 0) is 70.1 Å². The highest BCUT2D eigenvalue weighted by Crippen LogP contribution is 2.47. The van der Waals surface area contributed by atoms with Crippen LogP contribution in [-0.4, -0.2) is 52.2 Å². The molecule has 1 saturated heterocycles. The van der Waals surface area contributed by atoms with Crippen LogP contribution in [0.4, 0.5) is 21.7 Å². The number of ether oxygens (including phenoxy) is 1. The lowest BCUT2D eigenvalue weighted by Crippen LogP contribution is -2.41. The summed E-state index contributed by atoms with van der Waals surface area (Å²) in [5.74, 6) is 0.674. The Morgan fingerprint density at radius 3 is 2.59 bits per heavy atom. The first-order valence-electron chi connectivity index (χ1n) is 13.0. The minimum absolute atomic E-state index is 0.0685. The Hall–Kier alpha value is -3.60. The van der Waals surface area contributed by atoms with Crippen LogP contribution in [-0.2, 0) is 15.1 Å². The molecule has 2 fully saturated rings. The Kier molecular flexibility index (Phi) is 6.49. The SMILES string of the molecule is CNC1(c2nc3c(F)cc(-c4nc(Nc5ccc(N6CCOCC6=O)cc5)ncc4Cl)cc3n2C(C)C)CC1. The van der Waals surface area contributed by atoms with Crippen LogP contribution in [0.15, 0.2) is 42.6 Å². The largest absolute Gasteiger partial charge is 0.370 e. The third kappa shape index (κ3) is 4.62. The molecule has 1 amide bonds. The third-order valence-corrected chi connectivity index (χ3v) is 7.64. The lowest BCUT2D eigenvalue weighted by atomic mass is 10.1. The van der Waals surface area contributed by atoms with E-state index in [-0.39, 0.29) is 24.1 Å². The number of amides is 1. The summed E-state index contributed by atoms with van der Waals surface area (Å²) in [5.41, 5.74) is 3.31. The zero-order valence-electron chi connectivity index (χ0n) is 22.0. The van der Waals surface area contributed by atoms with Crippen molar-refractivity contribution in [2.45, 2.75) is 38.3 Å². The number of carbonyl (C=O) groups is 1. The van der Waals surface area contributed by atoms with Crippen LogP contribution in [0.25, 0.3) is 22.3 Å². The van der Waals surface area contributed by atoms with Crippen LogP contribution in [0.1, 0.15) is 38.6 Å². The second-order valence-electron chi connectivity index (χ2n) is 10.2. The van der Waals surface area contributed by atoms with Gasteiger partial charge in [-0.3, -0.25) is 4.79 Å². The number of rotatable bonds is 7. The first kappa shape index (κ1) is 25.7. The van der Waals surface area contributed by atoms with Crippen molar-refractivity contribution in [1.29, 1.82) is 0 Å². The first-order chi connectivity index (χ1) is 18.8. The van der Waals surface area contributed by atoms with Crippen LogP contribution in [0, 0.1) is 5.82 Å². The van der Waals surface area contributed by atoms with E-state index in [4.69, 9.17) is 21.3 Å². The molecule has 202 valence electrons. The quantitative estimate of drug-likeness (QED) is 0.328.